The van der Waals surface area contributed by atoms with Gasteiger partial charge in [-0.3, -0.25) is 37.3 Å². The highest BCUT2D eigenvalue weighted by Gasteiger charge is 2.30. The van der Waals surface area contributed by atoms with Crippen LogP contribution in [0.4, 0.5) is 0 Å². The van der Waals surface area contributed by atoms with Gasteiger partial charge in [-0.2, -0.15) is 0 Å². The Kier molecular flexibility index (Phi) is 74.1. The van der Waals surface area contributed by atoms with Gasteiger partial charge < -0.3 is 33.8 Å². The van der Waals surface area contributed by atoms with Crippen LogP contribution in [0.5, 0.6) is 0 Å². The molecule has 0 saturated carbocycles. The van der Waals surface area contributed by atoms with Crippen LogP contribution >= 0.6 is 15.6 Å². The molecule has 0 aromatic heterocycles. The van der Waals surface area contributed by atoms with Gasteiger partial charge in [-0.05, 0) is 37.5 Å². The molecule has 3 N–H and O–H groups in total. The van der Waals surface area contributed by atoms with Gasteiger partial charge in [-0.25, -0.2) is 9.13 Å². The lowest BCUT2D eigenvalue weighted by molar-refractivity contribution is -0.161. The molecule has 2 unspecified atom stereocenters. The summed E-state index contributed by atoms with van der Waals surface area (Å²) in [5, 5.41) is 10.7. The van der Waals surface area contributed by atoms with E-state index in [2.05, 4.69) is 41.5 Å². The number of carbonyl (C=O) groups is 4. The molecule has 0 spiro atoms. The Balaban J connectivity index is 5.20. The van der Waals surface area contributed by atoms with Crippen LogP contribution in [0.15, 0.2) is 0 Å². The molecule has 0 radical (unpaired) electrons. The van der Waals surface area contributed by atoms with Crippen LogP contribution in [0, 0.1) is 11.8 Å². The zero-order valence-electron chi connectivity index (χ0n) is 67.6. The normalized spacial score (nSPS) is 13.9. The van der Waals surface area contributed by atoms with E-state index in [0.717, 1.165) is 102 Å². The zero-order chi connectivity index (χ0) is 75.6. The van der Waals surface area contributed by atoms with Crippen molar-refractivity contribution < 1.29 is 80.2 Å². The van der Waals surface area contributed by atoms with E-state index in [9.17, 15) is 43.2 Å². The topological polar surface area (TPSA) is 237 Å². The van der Waals surface area contributed by atoms with Crippen molar-refractivity contribution in [3.05, 3.63) is 0 Å². The van der Waals surface area contributed by atoms with Crippen LogP contribution in [0.1, 0.15) is 446 Å². The molecule has 0 rings (SSSR count). The van der Waals surface area contributed by atoms with Crippen molar-refractivity contribution in [3.8, 4) is 0 Å². The van der Waals surface area contributed by atoms with E-state index in [1.54, 1.807) is 0 Å². The quantitative estimate of drug-likeness (QED) is 0.0222. The van der Waals surface area contributed by atoms with Crippen molar-refractivity contribution in [2.24, 2.45) is 11.8 Å². The summed E-state index contributed by atoms with van der Waals surface area (Å²) in [6.45, 7) is 9.59. The molecule has 0 amide bonds. The van der Waals surface area contributed by atoms with Gasteiger partial charge in [0.1, 0.15) is 19.3 Å². The van der Waals surface area contributed by atoms with Gasteiger partial charge in [0.2, 0.25) is 0 Å². The molecule has 19 heteroatoms. The third kappa shape index (κ3) is 78.0. The van der Waals surface area contributed by atoms with Crippen LogP contribution in [0.2, 0.25) is 0 Å². The number of phosphoric acid groups is 2. The summed E-state index contributed by atoms with van der Waals surface area (Å²) in [6.07, 6.45) is 66.9. The molecule has 0 fully saturated rings. The van der Waals surface area contributed by atoms with Crippen molar-refractivity contribution in [1.29, 1.82) is 0 Å². The summed E-state index contributed by atoms with van der Waals surface area (Å²) < 4.78 is 68.8. The first-order valence-electron chi connectivity index (χ1n) is 43.5. The van der Waals surface area contributed by atoms with E-state index in [4.69, 9.17) is 37.0 Å². The maximum absolute atomic E-state index is 13.1. The molecule has 0 aromatic rings. The molecule has 0 saturated heterocycles. The Hall–Kier alpha value is -1.94. The Morgan fingerprint density at radius 2 is 0.447 bits per heavy atom. The predicted molar refractivity (Wildman–Crippen MR) is 423 cm³/mol. The van der Waals surface area contributed by atoms with Crippen molar-refractivity contribution in [1.82, 2.24) is 0 Å². The Morgan fingerprint density at radius 1 is 0.262 bits per heavy atom. The summed E-state index contributed by atoms with van der Waals surface area (Å²) in [7, 11) is -9.92. The minimum Gasteiger partial charge on any atom is -0.462 e. The molecule has 0 heterocycles. The van der Waals surface area contributed by atoms with E-state index in [1.165, 1.54) is 257 Å². The molecule has 0 aromatic carbocycles. The molecule has 103 heavy (non-hydrogen) atoms. The molecule has 0 aliphatic carbocycles. The lowest BCUT2D eigenvalue weighted by atomic mass is 10.0. The second kappa shape index (κ2) is 75.5. The minimum absolute atomic E-state index is 0.107. The molecule has 0 bridgehead atoms. The zero-order valence-corrected chi connectivity index (χ0v) is 69.4. The summed E-state index contributed by atoms with van der Waals surface area (Å²) >= 11 is 0. The SMILES string of the molecule is CCCCCCCCCCCCCCCCCCCCCCCCC(=O)O[C@H](COC(=O)CCCCCCCCCCCCCCCC(C)C)COP(=O)(O)OC[C@@H](O)COP(=O)(O)OC[C@@H](COC(=O)CCCCCCCCC(C)C)OC(=O)CCCCCCCCCCCCCCCCCC. The third-order valence-corrected chi connectivity index (χ3v) is 21.6. The summed E-state index contributed by atoms with van der Waals surface area (Å²) in [5.74, 6) is -0.637. The number of rotatable bonds is 83. The van der Waals surface area contributed by atoms with Crippen molar-refractivity contribution in [2.45, 2.75) is 464 Å². The van der Waals surface area contributed by atoms with Crippen LogP contribution < -0.4 is 0 Å². The summed E-state index contributed by atoms with van der Waals surface area (Å²) in [6, 6.07) is 0. The fourth-order valence-electron chi connectivity index (χ4n) is 13.1. The van der Waals surface area contributed by atoms with Crippen molar-refractivity contribution >= 4 is 39.5 Å². The number of aliphatic hydroxyl groups is 1. The average Bonchev–Trinajstić information content (AvgIpc) is 0.931. The number of esters is 4. The van der Waals surface area contributed by atoms with Gasteiger partial charge in [0.05, 0.1) is 26.4 Å². The minimum atomic E-state index is -4.96. The number of hydrogen-bond acceptors (Lipinski definition) is 15. The second-order valence-corrected chi connectivity index (χ2v) is 34.1. The molecule has 612 valence electrons. The highest BCUT2D eigenvalue weighted by molar-refractivity contribution is 7.47. The van der Waals surface area contributed by atoms with Crippen LogP contribution in [0.3, 0.4) is 0 Å². The van der Waals surface area contributed by atoms with E-state index >= 15 is 0 Å². The Labute approximate surface area is 632 Å². The lowest BCUT2D eigenvalue weighted by Gasteiger charge is -2.21. The maximum atomic E-state index is 13.1. The van der Waals surface area contributed by atoms with Crippen molar-refractivity contribution in [2.75, 3.05) is 39.6 Å². The van der Waals surface area contributed by atoms with Gasteiger partial charge >= 0.3 is 39.5 Å². The van der Waals surface area contributed by atoms with Crippen LogP contribution in [-0.2, 0) is 65.4 Å². The van der Waals surface area contributed by atoms with Crippen LogP contribution in [0.25, 0.3) is 0 Å². The van der Waals surface area contributed by atoms with Gasteiger partial charge in [0.25, 0.3) is 0 Å². The molecule has 17 nitrogen and oxygen atoms in total. The van der Waals surface area contributed by atoms with Gasteiger partial charge in [-0.1, -0.05) is 395 Å². The first kappa shape index (κ1) is 101. The molecular formula is C84H164O17P2. The number of hydrogen-bond donors (Lipinski definition) is 3. The van der Waals surface area contributed by atoms with Crippen LogP contribution in [-0.4, -0.2) is 96.7 Å². The monoisotopic (exact) mass is 1510 g/mol. The molecular weight excluding hydrogens is 1340 g/mol. The molecule has 0 aliphatic heterocycles. The predicted octanol–water partition coefficient (Wildman–Crippen LogP) is 25.5. The smallest absolute Gasteiger partial charge is 0.462 e. The number of phosphoric ester groups is 2. The van der Waals surface area contributed by atoms with E-state index in [0.29, 0.717) is 31.6 Å². The lowest BCUT2D eigenvalue weighted by Crippen LogP contribution is -2.30. The first-order valence-corrected chi connectivity index (χ1v) is 46.5. The van der Waals surface area contributed by atoms with Gasteiger partial charge in [0, 0.05) is 25.7 Å². The highest BCUT2D eigenvalue weighted by atomic mass is 31.2. The van der Waals surface area contributed by atoms with Gasteiger partial charge in [-0.15, -0.1) is 0 Å². The molecule has 5 atom stereocenters. The number of ether oxygens (including phenoxy) is 4. The molecule has 0 aliphatic rings. The first-order chi connectivity index (χ1) is 49.9. The van der Waals surface area contributed by atoms with Crippen molar-refractivity contribution in [3.63, 3.8) is 0 Å². The largest absolute Gasteiger partial charge is 0.472 e. The second-order valence-electron chi connectivity index (χ2n) is 31.2. The Morgan fingerprint density at radius 3 is 0.660 bits per heavy atom. The number of carbonyl (C=O) groups excluding carboxylic acids is 4. The summed E-state index contributed by atoms with van der Waals surface area (Å²) in [4.78, 5) is 73.1. The van der Waals surface area contributed by atoms with E-state index < -0.39 is 97.5 Å². The standard InChI is InChI=1S/C84H164O17P2/c1-7-9-11-13-15-17-19-21-23-25-26-27-28-29-30-32-36-41-45-49-57-63-68-83(88)100-79(72-94-81(86)66-60-54-47-43-39-37-33-34-38-42-46-52-58-64-76(3)4)74-98-102(90,91)96-70-78(85)71-97-103(92,93)99-75-80(73-95-82(87)67-61-55-51-50-53-59-65-77(5)6)101-84(89)69-62-56-48-44-40-35-31-24-22-20-18-16-14-12-10-8-2/h76-80,85H,7-75H2,1-6H3,(H,90,91)(H,92,93)/t78-,79-,80-/m1/s1. The van der Waals surface area contributed by atoms with E-state index in [-0.39, 0.29) is 25.7 Å². The Bertz CT molecular complexity index is 1980. The maximum Gasteiger partial charge on any atom is 0.472 e. The fourth-order valence-corrected chi connectivity index (χ4v) is 14.6. The third-order valence-electron chi connectivity index (χ3n) is 19.7. The average molecular weight is 1510 g/mol. The number of aliphatic hydroxyl groups excluding tert-OH is 1. The fraction of sp³-hybridized carbons (Fsp3) is 0.952. The van der Waals surface area contributed by atoms with Gasteiger partial charge in [0.15, 0.2) is 12.2 Å². The number of unbranched alkanes of at least 4 members (excludes halogenated alkanes) is 53. The van der Waals surface area contributed by atoms with E-state index in [1.807, 2.05) is 0 Å². The summed E-state index contributed by atoms with van der Waals surface area (Å²) in [5.41, 5.74) is 0. The highest BCUT2D eigenvalue weighted by Crippen LogP contribution is 2.45.